The lowest BCUT2D eigenvalue weighted by Crippen LogP contribution is -2.26. The molecule has 118 valence electrons. The number of aromatic carboxylic acids is 1. The summed E-state index contributed by atoms with van der Waals surface area (Å²) in [5.74, 6) is 0.0779. The smallest absolute Gasteiger partial charge is 0.335 e. The van der Waals surface area contributed by atoms with Gasteiger partial charge in [0.15, 0.2) is 5.89 Å². The molecule has 2 rings (SSSR count). The molecule has 0 fully saturated rings. The number of carboxylic acid groups (broad SMARTS) is 1. The second-order valence-corrected chi connectivity index (χ2v) is 6.49. The molecule has 22 heavy (non-hydrogen) atoms. The summed E-state index contributed by atoms with van der Waals surface area (Å²) in [6.45, 7) is 3.69. The number of oxazole rings is 1. The van der Waals surface area contributed by atoms with E-state index in [9.17, 15) is 13.2 Å². The number of carbonyl (C=O) groups is 1. The Kier molecular flexibility index (Phi) is 4.62. The molecule has 0 aliphatic heterocycles. The number of sulfonamides is 1. The number of nitrogens with one attached hydrogen (secondary N) is 1. The summed E-state index contributed by atoms with van der Waals surface area (Å²) in [6.07, 6.45) is 0.388. The molecular formula is C14H16N2O5S. The lowest BCUT2D eigenvalue weighted by molar-refractivity contribution is 0.0696. The van der Waals surface area contributed by atoms with E-state index in [2.05, 4.69) is 9.71 Å². The summed E-state index contributed by atoms with van der Waals surface area (Å²) in [7, 11) is -3.68. The number of aromatic nitrogens is 1. The maximum Gasteiger partial charge on any atom is 0.335 e. The topological polar surface area (TPSA) is 110 Å². The fourth-order valence-corrected chi connectivity index (χ4v) is 3.00. The number of nitrogens with zero attached hydrogens (tertiary/aromatic N) is 1. The highest BCUT2D eigenvalue weighted by molar-refractivity contribution is 7.89. The van der Waals surface area contributed by atoms with Gasteiger partial charge in [-0.15, -0.1) is 0 Å². The zero-order valence-corrected chi connectivity index (χ0v) is 13.0. The SMILES string of the molecule is Cc1nc(C)c(CCNS(=O)(=O)c2ccc(C(=O)O)cc2)o1. The van der Waals surface area contributed by atoms with Crippen LogP contribution < -0.4 is 4.72 Å². The highest BCUT2D eigenvalue weighted by Gasteiger charge is 2.15. The van der Waals surface area contributed by atoms with Crippen LogP contribution >= 0.6 is 0 Å². The van der Waals surface area contributed by atoms with E-state index in [1.165, 1.54) is 24.3 Å². The van der Waals surface area contributed by atoms with Gasteiger partial charge in [-0.05, 0) is 31.2 Å². The average Bonchev–Trinajstić information content (AvgIpc) is 2.77. The third-order valence-corrected chi connectivity index (χ3v) is 4.53. The van der Waals surface area contributed by atoms with Crippen molar-refractivity contribution < 1.29 is 22.7 Å². The minimum absolute atomic E-state index is 0.0166. The summed E-state index contributed by atoms with van der Waals surface area (Å²) in [5, 5.41) is 8.79. The van der Waals surface area contributed by atoms with Gasteiger partial charge in [-0.1, -0.05) is 0 Å². The van der Waals surface area contributed by atoms with Gasteiger partial charge in [-0.25, -0.2) is 22.9 Å². The van der Waals surface area contributed by atoms with Crippen LogP contribution in [0.15, 0.2) is 33.6 Å². The maximum absolute atomic E-state index is 12.1. The standard InChI is InChI=1S/C14H16N2O5S/c1-9-13(21-10(2)16-9)7-8-15-22(19,20)12-5-3-11(4-6-12)14(17)18/h3-6,15H,7-8H2,1-2H3,(H,17,18). The molecule has 0 saturated heterocycles. The molecule has 0 bridgehead atoms. The molecular weight excluding hydrogens is 308 g/mol. The van der Waals surface area contributed by atoms with Crippen LogP contribution in [0.5, 0.6) is 0 Å². The Morgan fingerprint density at radius 1 is 1.27 bits per heavy atom. The van der Waals surface area contributed by atoms with Gasteiger partial charge in [0.25, 0.3) is 0 Å². The molecule has 1 aromatic carbocycles. The van der Waals surface area contributed by atoms with Crippen LogP contribution in [0.25, 0.3) is 0 Å². The van der Waals surface area contributed by atoms with E-state index in [4.69, 9.17) is 9.52 Å². The summed E-state index contributed by atoms with van der Waals surface area (Å²) < 4.78 is 32.0. The molecule has 0 aliphatic rings. The number of carboxylic acids is 1. The van der Waals surface area contributed by atoms with E-state index in [0.29, 0.717) is 18.1 Å². The van der Waals surface area contributed by atoms with Gasteiger partial charge in [0, 0.05) is 19.9 Å². The highest BCUT2D eigenvalue weighted by atomic mass is 32.2. The molecule has 1 aromatic heterocycles. The molecule has 0 amide bonds. The summed E-state index contributed by atoms with van der Waals surface area (Å²) in [4.78, 5) is 14.9. The third kappa shape index (κ3) is 3.71. The first-order valence-electron chi connectivity index (χ1n) is 6.55. The molecule has 8 heteroatoms. The minimum Gasteiger partial charge on any atom is -0.478 e. The summed E-state index contributed by atoms with van der Waals surface area (Å²) >= 11 is 0. The van der Waals surface area contributed by atoms with Crippen LogP contribution in [0, 0.1) is 13.8 Å². The average molecular weight is 324 g/mol. The minimum atomic E-state index is -3.68. The number of hydrogen-bond acceptors (Lipinski definition) is 5. The summed E-state index contributed by atoms with van der Waals surface area (Å²) in [6, 6.07) is 5.02. The van der Waals surface area contributed by atoms with E-state index in [0.717, 1.165) is 5.69 Å². The molecule has 0 atom stereocenters. The molecule has 0 aliphatic carbocycles. The van der Waals surface area contributed by atoms with Crippen molar-refractivity contribution in [1.29, 1.82) is 0 Å². The normalized spacial score (nSPS) is 11.5. The number of aryl methyl sites for hydroxylation is 2. The fraction of sp³-hybridized carbons (Fsp3) is 0.286. The first-order valence-corrected chi connectivity index (χ1v) is 8.04. The van der Waals surface area contributed by atoms with E-state index < -0.39 is 16.0 Å². The van der Waals surface area contributed by atoms with Crippen LogP contribution in [-0.4, -0.2) is 31.0 Å². The third-order valence-electron chi connectivity index (χ3n) is 3.06. The lowest BCUT2D eigenvalue weighted by Gasteiger charge is -2.06. The maximum atomic E-state index is 12.1. The molecule has 2 N–H and O–H groups in total. The van der Waals surface area contributed by atoms with Crippen LogP contribution in [-0.2, 0) is 16.4 Å². The van der Waals surface area contributed by atoms with E-state index in [-0.39, 0.29) is 17.0 Å². The van der Waals surface area contributed by atoms with Gasteiger partial charge < -0.3 is 9.52 Å². The van der Waals surface area contributed by atoms with E-state index in [1.54, 1.807) is 13.8 Å². The zero-order chi connectivity index (χ0) is 16.3. The molecule has 0 unspecified atom stereocenters. The Balaban J connectivity index is 2.01. The summed E-state index contributed by atoms with van der Waals surface area (Å²) in [5.41, 5.74) is 0.772. The predicted octanol–water partition coefficient (Wildman–Crippen LogP) is 1.51. The van der Waals surface area contributed by atoms with Gasteiger partial charge >= 0.3 is 5.97 Å². The first-order chi connectivity index (χ1) is 10.3. The van der Waals surface area contributed by atoms with Crippen LogP contribution in [0.4, 0.5) is 0 Å². The van der Waals surface area contributed by atoms with Crippen molar-refractivity contribution in [2.75, 3.05) is 6.54 Å². The largest absolute Gasteiger partial charge is 0.478 e. The fourth-order valence-electron chi connectivity index (χ4n) is 1.96. The van der Waals surface area contributed by atoms with Gasteiger partial charge in [-0.3, -0.25) is 0 Å². The Morgan fingerprint density at radius 3 is 2.41 bits per heavy atom. The molecule has 0 radical (unpaired) electrons. The van der Waals surface area contributed by atoms with Crippen molar-refractivity contribution in [2.24, 2.45) is 0 Å². The molecule has 2 aromatic rings. The van der Waals surface area contributed by atoms with Crippen LogP contribution in [0.2, 0.25) is 0 Å². The van der Waals surface area contributed by atoms with Crippen LogP contribution in [0.3, 0.4) is 0 Å². The van der Waals surface area contributed by atoms with Crippen molar-refractivity contribution in [3.63, 3.8) is 0 Å². The Morgan fingerprint density at radius 2 is 1.91 bits per heavy atom. The monoisotopic (exact) mass is 324 g/mol. The van der Waals surface area contributed by atoms with Gasteiger partial charge in [0.2, 0.25) is 10.0 Å². The number of hydrogen-bond donors (Lipinski definition) is 2. The Bertz CT molecular complexity index is 778. The van der Waals surface area contributed by atoms with Crippen molar-refractivity contribution in [2.45, 2.75) is 25.2 Å². The number of rotatable bonds is 6. The lowest BCUT2D eigenvalue weighted by atomic mass is 10.2. The van der Waals surface area contributed by atoms with Gasteiger partial charge in [0.1, 0.15) is 5.76 Å². The van der Waals surface area contributed by atoms with Crippen molar-refractivity contribution >= 4 is 16.0 Å². The van der Waals surface area contributed by atoms with Crippen molar-refractivity contribution in [3.8, 4) is 0 Å². The Hall–Kier alpha value is -2.19. The predicted molar refractivity (Wildman–Crippen MR) is 78.3 cm³/mol. The van der Waals surface area contributed by atoms with Gasteiger partial charge in [-0.2, -0.15) is 0 Å². The quantitative estimate of drug-likeness (QED) is 0.833. The van der Waals surface area contributed by atoms with E-state index in [1.807, 2.05) is 0 Å². The zero-order valence-electron chi connectivity index (χ0n) is 12.2. The van der Waals surface area contributed by atoms with Crippen LogP contribution in [0.1, 0.15) is 27.7 Å². The number of benzene rings is 1. The first kappa shape index (κ1) is 16.2. The van der Waals surface area contributed by atoms with E-state index >= 15 is 0 Å². The van der Waals surface area contributed by atoms with Crippen molar-refractivity contribution in [3.05, 3.63) is 47.2 Å². The molecule has 7 nitrogen and oxygen atoms in total. The second-order valence-electron chi connectivity index (χ2n) is 4.72. The second kappa shape index (κ2) is 6.29. The molecule has 0 spiro atoms. The molecule has 0 saturated carbocycles. The molecule has 1 heterocycles. The van der Waals surface area contributed by atoms with Crippen molar-refractivity contribution in [1.82, 2.24) is 9.71 Å². The van der Waals surface area contributed by atoms with Gasteiger partial charge in [0.05, 0.1) is 16.2 Å². The highest BCUT2D eigenvalue weighted by Crippen LogP contribution is 2.12. The Labute approximate surface area is 128 Å².